The van der Waals surface area contributed by atoms with Gasteiger partial charge in [0.25, 0.3) is 0 Å². The van der Waals surface area contributed by atoms with E-state index < -0.39 is 0 Å². The molecule has 1 aromatic heterocycles. The topological polar surface area (TPSA) is 41.4 Å². The van der Waals surface area contributed by atoms with Crippen molar-refractivity contribution in [1.29, 1.82) is 0 Å². The van der Waals surface area contributed by atoms with E-state index in [1.165, 1.54) is 32.2 Å². The fourth-order valence-corrected chi connectivity index (χ4v) is 5.12. The van der Waals surface area contributed by atoms with Gasteiger partial charge in [0, 0.05) is 50.9 Å². The summed E-state index contributed by atoms with van der Waals surface area (Å²) in [4.78, 5) is 23.1. The molecule has 5 heteroatoms. The van der Waals surface area contributed by atoms with Gasteiger partial charge < -0.3 is 14.4 Å². The SMILES string of the molecule is CC(C)n1cnc(C2CN(CC3CC3)CC23CCN(CC2CC2)C3=O)c1. The Hall–Kier alpha value is -1.36. The number of hydrogen-bond acceptors (Lipinski definition) is 3. The number of amides is 1. The van der Waals surface area contributed by atoms with Gasteiger partial charge in [0.15, 0.2) is 0 Å². The number of carbonyl (C=O) groups is 1. The van der Waals surface area contributed by atoms with Crippen molar-refractivity contribution in [1.82, 2.24) is 19.4 Å². The summed E-state index contributed by atoms with van der Waals surface area (Å²) >= 11 is 0. The highest BCUT2D eigenvalue weighted by Gasteiger charge is 2.58. The molecule has 5 rings (SSSR count). The summed E-state index contributed by atoms with van der Waals surface area (Å²) in [7, 11) is 0. The third-order valence-corrected chi connectivity index (χ3v) is 7.12. The van der Waals surface area contributed by atoms with Crippen molar-refractivity contribution in [2.75, 3.05) is 32.7 Å². The quantitative estimate of drug-likeness (QED) is 0.787. The molecule has 26 heavy (non-hydrogen) atoms. The van der Waals surface area contributed by atoms with Crippen molar-refractivity contribution >= 4 is 5.91 Å². The third kappa shape index (κ3) is 2.88. The Balaban J connectivity index is 1.42. The Morgan fingerprint density at radius 3 is 2.58 bits per heavy atom. The van der Waals surface area contributed by atoms with Gasteiger partial charge in [0.1, 0.15) is 0 Å². The lowest BCUT2D eigenvalue weighted by Gasteiger charge is -2.28. The van der Waals surface area contributed by atoms with Crippen LogP contribution in [0.4, 0.5) is 0 Å². The molecule has 2 saturated carbocycles. The van der Waals surface area contributed by atoms with Crippen molar-refractivity contribution in [2.24, 2.45) is 17.3 Å². The molecule has 2 unspecified atom stereocenters. The monoisotopic (exact) mass is 356 g/mol. The van der Waals surface area contributed by atoms with E-state index in [0.717, 1.165) is 50.1 Å². The molecule has 4 fully saturated rings. The van der Waals surface area contributed by atoms with Crippen LogP contribution in [0.15, 0.2) is 12.5 Å². The van der Waals surface area contributed by atoms with Gasteiger partial charge in [-0.1, -0.05) is 0 Å². The van der Waals surface area contributed by atoms with Gasteiger partial charge in [0.05, 0.1) is 17.4 Å². The molecule has 5 nitrogen and oxygen atoms in total. The van der Waals surface area contributed by atoms with E-state index >= 15 is 0 Å². The van der Waals surface area contributed by atoms with Crippen LogP contribution in [-0.2, 0) is 4.79 Å². The van der Waals surface area contributed by atoms with Gasteiger partial charge in [-0.15, -0.1) is 0 Å². The van der Waals surface area contributed by atoms with Gasteiger partial charge >= 0.3 is 0 Å². The zero-order valence-corrected chi connectivity index (χ0v) is 16.2. The van der Waals surface area contributed by atoms with E-state index in [1.807, 2.05) is 6.33 Å². The molecule has 2 aliphatic heterocycles. The molecule has 4 aliphatic rings. The molecule has 0 N–H and O–H groups in total. The molecule has 1 aromatic rings. The minimum Gasteiger partial charge on any atom is -0.342 e. The first kappa shape index (κ1) is 16.8. The van der Waals surface area contributed by atoms with Gasteiger partial charge in [-0.25, -0.2) is 4.98 Å². The van der Waals surface area contributed by atoms with Crippen LogP contribution in [0.2, 0.25) is 0 Å². The van der Waals surface area contributed by atoms with Crippen LogP contribution in [0.3, 0.4) is 0 Å². The number of carbonyl (C=O) groups excluding carboxylic acids is 1. The number of hydrogen-bond donors (Lipinski definition) is 0. The second-order valence-electron chi connectivity index (χ2n) is 9.63. The highest BCUT2D eigenvalue weighted by molar-refractivity contribution is 5.86. The van der Waals surface area contributed by atoms with Crippen LogP contribution in [-0.4, -0.2) is 58.0 Å². The predicted molar refractivity (Wildman–Crippen MR) is 101 cm³/mol. The van der Waals surface area contributed by atoms with Crippen molar-refractivity contribution in [3.8, 4) is 0 Å². The van der Waals surface area contributed by atoms with Crippen LogP contribution in [0.5, 0.6) is 0 Å². The maximum Gasteiger partial charge on any atom is 0.230 e. The number of likely N-dealkylation sites (tertiary alicyclic amines) is 2. The smallest absolute Gasteiger partial charge is 0.230 e. The number of rotatable bonds is 6. The summed E-state index contributed by atoms with van der Waals surface area (Å²) < 4.78 is 2.19. The highest BCUT2D eigenvalue weighted by atomic mass is 16.2. The maximum atomic E-state index is 13.5. The van der Waals surface area contributed by atoms with Crippen molar-refractivity contribution in [2.45, 2.75) is 57.9 Å². The van der Waals surface area contributed by atoms with E-state index in [4.69, 9.17) is 4.98 Å². The second-order valence-corrected chi connectivity index (χ2v) is 9.63. The number of nitrogens with zero attached hydrogens (tertiary/aromatic N) is 4. The molecule has 142 valence electrons. The number of aromatic nitrogens is 2. The average Bonchev–Trinajstić information content (AvgIpc) is 3.49. The second kappa shape index (κ2) is 6.08. The first-order valence-corrected chi connectivity index (χ1v) is 10.6. The highest BCUT2D eigenvalue weighted by Crippen LogP contribution is 2.51. The van der Waals surface area contributed by atoms with E-state index in [2.05, 4.69) is 34.4 Å². The van der Waals surface area contributed by atoms with E-state index in [9.17, 15) is 4.79 Å². The molecular weight excluding hydrogens is 324 g/mol. The Labute approximate surface area is 156 Å². The van der Waals surface area contributed by atoms with E-state index in [-0.39, 0.29) is 11.3 Å². The van der Waals surface area contributed by atoms with Gasteiger partial charge in [-0.2, -0.15) is 0 Å². The molecule has 2 aliphatic carbocycles. The molecule has 3 heterocycles. The summed E-state index contributed by atoms with van der Waals surface area (Å²) in [5.41, 5.74) is 0.915. The summed E-state index contributed by atoms with van der Waals surface area (Å²) in [6, 6.07) is 0.418. The Morgan fingerprint density at radius 2 is 1.92 bits per heavy atom. The zero-order valence-electron chi connectivity index (χ0n) is 16.2. The molecular formula is C21H32N4O. The molecule has 0 aromatic carbocycles. The van der Waals surface area contributed by atoms with Gasteiger partial charge in [-0.3, -0.25) is 4.79 Å². The van der Waals surface area contributed by atoms with Crippen molar-refractivity contribution in [3.63, 3.8) is 0 Å². The first-order valence-electron chi connectivity index (χ1n) is 10.6. The summed E-state index contributed by atoms with van der Waals surface area (Å²) in [6.07, 6.45) is 10.5. The van der Waals surface area contributed by atoms with Crippen LogP contribution < -0.4 is 0 Å². The minimum absolute atomic E-state index is 0.222. The molecule has 1 spiro atoms. The fraction of sp³-hybridized carbons (Fsp3) is 0.810. The summed E-state index contributed by atoms with van der Waals surface area (Å²) in [5.74, 6) is 2.33. The standard InChI is InChI=1S/C21H32N4O/c1-15(2)25-12-19(22-14-25)18-11-23(9-16-3-4-16)13-21(18)7-8-24(20(21)26)10-17-5-6-17/h12,14-18H,3-11,13H2,1-2H3. The zero-order chi connectivity index (χ0) is 17.9. The number of imidazole rings is 1. The Bertz CT molecular complexity index is 690. The van der Waals surface area contributed by atoms with Crippen LogP contribution in [0.25, 0.3) is 0 Å². The lowest BCUT2D eigenvalue weighted by molar-refractivity contribution is -0.136. The van der Waals surface area contributed by atoms with Crippen LogP contribution >= 0.6 is 0 Å². The van der Waals surface area contributed by atoms with E-state index in [0.29, 0.717) is 11.9 Å². The average molecular weight is 357 g/mol. The molecule has 0 bridgehead atoms. The molecule has 2 saturated heterocycles. The molecule has 2 atom stereocenters. The minimum atomic E-state index is -0.222. The lowest BCUT2D eigenvalue weighted by atomic mass is 9.75. The Kier molecular flexibility index (Phi) is 3.93. The van der Waals surface area contributed by atoms with Crippen molar-refractivity contribution < 1.29 is 4.79 Å². The van der Waals surface area contributed by atoms with Gasteiger partial charge in [0.2, 0.25) is 5.91 Å². The van der Waals surface area contributed by atoms with Crippen LogP contribution in [0, 0.1) is 17.3 Å². The normalized spacial score (nSPS) is 32.5. The van der Waals surface area contributed by atoms with Crippen LogP contribution in [0.1, 0.15) is 63.6 Å². The van der Waals surface area contributed by atoms with Gasteiger partial charge in [-0.05, 0) is 57.8 Å². The third-order valence-electron chi connectivity index (χ3n) is 7.12. The van der Waals surface area contributed by atoms with E-state index in [1.54, 1.807) is 0 Å². The largest absolute Gasteiger partial charge is 0.342 e. The predicted octanol–water partition coefficient (Wildman–Crippen LogP) is 2.90. The maximum absolute atomic E-state index is 13.5. The van der Waals surface area contributed by atoms with Crippen molar-refractivity contribution in [3.05, 3.63) is 18.2 Å². The molecule has 1 amide bonds. The fourth-order valence-electron chi connectivity index (χ4n) is 5.12. The first-order chi connectivity index (χ1) is 12.5. The Morgan fingerprint density at radius 1 is 1.19 bits per heavy atom. The molecule has 0 radical (unpaired) electrons. The summed E-state index contributed by atoms with van der Waals surface area (Å²) in [6.45, 7) is 9.46. The lowest BCUT2D eigenvalue weighted by Crippen LogP contribution is -2.40. The summed E-state index contributed by atoms with van der Waals surface area (Å²) in [5, 5.41) is 0.